The van der Waals surface area contributed by atoms with Crippen molar-refractivity contribution in [1.29, 1.82) is 0 Å². The number of benzene rings is 1. The molecule has 21 heavy (non-hydrogen) atoms. The molecule has 0 amide bonds. The summed E-state index contributed by atoms with van der Waals surface area (Å²) in [7, 11) is 5.44. The lowest BCUT2D eigenvalue weighted by molar-refractivity contribution is 0.0595. The second-order valence-electron chi connectivity index (χ2n) is 6.01. The molecule has 4 nitrogen and oxygen atoms in total. The second-order valence-corrected chi connectivity index (χ2v) is 6.01. The van der Waals surface area contributed by atoms with Gasteiger partial charge in [0.1, 0.15) is 5.82 Å². The Labute approximate surface area is 125 Å². The molecule has 1 aromatic rings. The van der Waals surface area contributed by atoms with Crippen LogP contribution in [0.1, 0.15) is 22.8 Å². The van der Waals surface area contributed by atoms with Crippen LogP contribution in [0.4, 0.5) is 4.39 Å². The number of nitrogens with zero attached hydrogens (tertiary/aromatic N) is 2. The second kappa shape index (κ2) is 6.54. The van der Waals surface area contributed by atoms with E-state index in [0.717, 1.165) is 18.7 Å². The Morgan fingerprint density at radius 2 is 2.14 bits per heavy atom. The van der Waals surface area contributed by atoms with Gasteiger partial charge in [-0.3, -0.25) is 4.90 Å². The zero-order valence-electron chi connectivity index (χ0n) is 13.1. The highest BCUT2D eigenvalue weighted by Gasteiger charge is 2.30. The predicted octanol–water partition coefficient (Wildman–Crippen LogP) is 1.99. The van der Waals surface area contributed by atoms with Gasteiger partial charge >= 0.3 is 5.97 Å². The number of hydrogen-bond acceptors (Lipinski definition) is 4. The van der Waals surface area contributed by atoms with Gasteiger partial charge in [-0.1, -0.05) is 13.0 Å². The molecule has 2 rings (SSSR count). The van der Waals surface area contributed by atoms with Crippen LogP contribution in [0, 0.1) is 11.7 Å². The first-order valence-electron chi connectivity index (χ1n) is 7.18. The fourth-order valence-corrected chi connectivity index (χ4v) is 3.04. The van der Waals surface area contributed by atoms with Gasteiger partial charge in [0.25, 0.3) is 0 Å². The summed E-state index contributed by atoms with van der Waals surface area (Å²) in [6.07, 6.45) is 0. The van der Waals surface area contributed by atoms with Gasteiger partial charge in [0, 0.05) is 25.7 Å². The molecule has 5 heteroatoms. The van der Waals surface area contributed by atoms with Crippen LogP contribution in [0.15, 0.2) is 18.2 Å². The summed E-state index contributed by atoms with van der Waals surface area (Å²) in [6.45, 7) is 4.93. The topological polar surface area (TPSA) is 32.8 Å². The lowest BCUT2D eigenvalue weighted by Gasteiger charge is -2.22. The SMILES string of the molecule is COC(=O)c1ccc(CN2CC(C)C(N(C)C)C2)cc1F. The Morgan fingerprint density at radius 3 is 2.67 bits per heavy atom. The van der Waals surface area contributed by atoms with Crippen LogP contribution in [0.5, 0.6) is 0 Å². The molecule has 2 unspecified atom stereocenters. The third-order valence-electron chi connectivity index (χ3n) is 4.16. The molecule has 1 heterocycles. The number of halogens is 1. The van der Waals surface area contributed by atoms with E-state index in [1.54, 1.807) is 6.07 Å². The third kappa shape index (κ3) is 3.60. The number of likely N-dealkylation sites (N-methyl/N-ethyl adjacent to an activating group) is 1. The minimum atomic E-state index is -0.637. The Morgan fingerprint density at radius 1 is 1.43 bits per heavy atom. The number of carbonyl (C=O) groups is 1. The number of methoxy groups -OCH3 is 1. The number of esters is 1. The lowest BCUT2D eigenvalue weighted by Crippen LogP contribution is -2.34. The average molecular weight is 294 g/mol. The Hall–Kier alpha value is -1.46. The molecule has 1 aliphatic rings. The quantitative estimate of drug-likeness (QED) is 0.795. The van der Waals surface area contributed by atoms with Crippen LogP contribution < -0.4 is 0 Å². The van der Waals surface area contributed by atoms with Gasteiger partial charge in [-0.15, -0.1) is 0 Å². The molecule has 1 saturated heterocycles. The van der Waals surface area contributed by atoms with Crippen LogP contribution in [0.2, 0.25) is 0 Å². The normalized spacial score (nSPS) is 22.8. The maximum Gasteiger partial charge on any atom is 0.340 e. The lowest BCUT2D eigenvalue weighted by atomic mass is 10.1. The van der Waals surface area contributed by atoms with Gasteiger partial charge in [0.05, 0.1) is 12.7 Å². The van der Waals surface area contributed by atoms with Gasteiger partial charge in [0.2, 0.25) is 0 Å². The van der Waals surface area contributed by atoms with E-state index < -0.39 is 11.8 Å². The minimum absolute atomic E-state index is 0.0118. The highest BCUT2D eigenvalue weighted by Crippen LogP contribution is 2.22. The van der Waals surface area contributed by atoms with Crippen molar-refractivity contribution >= 4 is 5.97 Å². The number of likely N-dealkylation sites (tertiary alicyclic amines) is 1. The first kappa shape index (κ1) is 15.9. The summed E-state index contributed by atoms with van der Waals surface area (Å²) in [5.41, 5.74) is 0.869. The van der Waals surface area contributed by atoms with Gasteiger partial charge in [-0.05, 0) is 37.7 Å². The van der Waals surface area contributed by atoms with Gasteiger partial charge in [-0.25, -0.2) is 9.18 Å². The fraction of sp³-hybridized carbons (Fsp3) is 0.562. The largest absolute Gasteiger partial charge is 0.465 e. The van der Waals surface area contributed by atoms with Crippen molar-refractivity contribution in [1.82, 2.24) is 9.80 Å². The fourth-order valence-electron chi connectivity index (χ4n) is 3.04. The van der Waals surface area contributed by atoms with E-state index in [1.807, 2.05) is 0 Å². The molecule has 0 radical (unpaired) electrons. The molecule has 0 spiro atoms. The summed E-state index contributed by atoms with van der Waals surface area (Å²) in [4.78, 5) is 15.9. The van der Waals surface area contributed by atoms with E-state index in [9.17, 15) is 9.18 Å². The first-order chi connectivity index (χ1) is 9.92. The van der Waals surface area contributed by atoms with Gasteiger partial charge in [-0.2, -0.15) is 0 Å². The molecule has 1 aliphatic heterocycles. The minimum Gasteiger partial charge on any atom is -0.465 e. The Balaban J connectivity index is 2.04. The molecule has 2 atom stereocenters. The number of hydrogen-bond donors (Lipinski definition) is 0. The van der Waals surface area contributed by atoms with E-state index in [4.69, 9.17) is 0 Å². The first-order valence-corrected chi connectivity index (χ1v) is 7.18. The number of ether oxygens (including phenoxy) is 1. The highest BCUT2D eigenvalue weighted by molar-refractivity contribution is 5.89. The van der Waals surface area contributed by atoms with Gasteiger partial charge in [0.15, 0.2) is 0 Å². The molecule has 0 aromatic heterocycles. The molecule has 1 aromatic carbocycles. The standard InChI is InChI=1S/C16H23FN2O2/c1-11-8-19(10-15(11)18(2)3)9-12-5-6-13(14(17)7-12)16(20)21-4/h5-7,11,15H,8-10H2,1-4H3. The maximum absolute atomic E-state index is 13.9. The molecular weight excluding hydrogens is 271 g/mol. The van der Waals surface area contributed by atoms with Crippen molar-refractivity contribution in [3.8, 4) is 0 Å². The van der Waals surface area contributed by atoms with E-state index in [2.05, 4.69) is 35.6 Å². The third-order valence-corrected chi connectivity index (χ3v) is 4.16. The molecule has 0 bridgehead atoms. The smallest absolute Gasteiger partial charge is 0.340 e. The molecule has 0 N–H and O–H groups in total. The number of carbonyl (C=O) groups excluding carboxylic acids is 1. The molecule has 1 fully saturated rings. The zero-order chi connectivity index (χ0) is 15.6. The van der Waals surface area contributed by atoms with Crippen LogP contribution in [0.3, 0.4) is 0 Å². The van der Waals surface area contributed by atoms with E-state index in [0.29, 0.717) is 18.5 Å². The predicted molar refractivity (Wildman–Crippen MR) is 79.7 cm³/mol. The van der Waals surface area contributed by atoms with E-state index >= 15 is 0 Å². The molecular formula is C16H23FN2O2. The van der Waals surface area contributed by atoms with E-state index in [1.165, 1.54) is 19.2 Å². The molecule has 0 aliphatic carbocycles. The highest BCUT2D eigenvalue weighted by atomic mass is 19.1. The number of rotatable bonds is 4. The Kier molecular flexibility index (Phi) is 4.96. The summed E-state index contributed by atoms with van der Waals surface area (Å²) in [5, 5.41) is 0. The Bertz CT molecular complexity index is 519. The zero-order valence-corrected chi connectivity index (χ0v) is 13.1. The molecule has 116 valence electrons. The summed E-state index contributed by atoms with van der Waals surface area (Å²) in [5.74, 6) is -0.559. The van der Waals surface area contributed by atoms with Crippen molar-refractivity contribution in [2.75, 3.05) is 34.3 Å². The van der Waals surface area contributed by atoms with Crippen LogP contribution in [-0.2, 0) is 11.3 Å². The van der Waals surface area contributed by atoms with Crippen molar-refractivity contribution < 1.29 is 13.9 Å². The van der Waals surface area contributed by atoms with Crippen molar-refractivity contribution in [2.45, 2.75) is 19.5 Å². The van der Waals surface area contributed by atoms with Crippen molar-refractivity contribution in [2.24, 2.45) is 5.92 Å². The van der Waals surface area contributed by atoms with Crippen LogP contribution in [-0.4, -0.2) is 56.1 Å². The van der Waals surface area contributed by atoms with E-state index in [-0.39, 0.29) is 5.56 Å². The van der Waals surface area contributed by atoms with Gasteiger partial charge < -0.3 is 9.64 Å². The van der Waals surface area contributed by atoms with Crippen molar-refractivity contribution in [3.63, 3.8) is 0 Å². The average Bonchev–Trinajstić information content (AvgIpc) is 2.79. The maximum atomic E-state index is 13.9. The summed E-state index contributed by atoms with van der Waals surface area (Å²) < 4.78 is 18.5. The van der Waals surface area contributed by atoms with Crippen molar-refractivity contribution in [3.05, 3.63) is 35.1 Å². The summed E-state index contributed by atoms with van der Waals surface area (Å²) in [6, 6.07) is 5.26. The monoisotopic (exact) mass is 294 g/mol. The van der Waals surface area contributed by atoms with Crippen LogP contribution in [0.25, 0.3) is 0 Å². The van der Waals surface area contributed by atoms with Crippen LogP contribution >= 0.6 is 0 Å². The summed E-state index contributed by atoms with van der Waals surface area (Å²) >= 11 is 0. The molecule has 0 saturated carbocycles.